The molecule has 1 aromatic heterocycles. The number of amides is 1. The summed E-state index contributed by atoms with van der Waals surface area (Å²) in [5.74, 6) is -1.03. The van der Waals surface area contributed by atoms with E-state index in [0.717, 1.165) is 16.6 Å². The number of anilines is 1. The van der Waals surface area contributed by atoms with Crippen molar-refractivity contribution < 1.29 is 14.3 Å². The van der Waals surface area contributed by atoms with Gasteiger partial charge in [0.15, 0.2) is 0 Å². The monoisotopic (exact) mass is 503 g/mol. The second kappa shape index (κ2) is 11.6. The quantitative estimate of drug-likeness (QED) is 0.231. The van der Waals surface area contributed by atoms with E-state index in [0.29, 0.717) is 28.2 Å². The number of para-hydroxylation sites is 2. The molecule has 3 aromatic carbocycles. The maximum absolute atomic E-state index is 13.1. The maximum Gasteiger partial charge on any atom is 0.329 e. The van der Waals surface area contributed by atoms with Gasteiger partial charge < -0.3 is 20.4 Å². The average molecular weight is 504 g/mol. The van der Waals surface area contributed by atoms with Crippen LogP contribution in [0.25, 0.3) is 10.9 Å². The zero-order valence-corrected chi connectivity index (χ0v) is 20.5. The molecule has 1 heterocycles. The molecule has 0 radical (unpaired) electrons. The summed E-state index contributed by atoms with van der Waals surface area (Å²) in [6.45, 7) is 2.50. The molecule has 0 aliphatic heterocycles. The molecule has 0 bridgehead atoms. The number of carbonyl (C=O) groups excluding carboxylic acids is 2. The topological polar surface area (TPSA) is 100 Å². The fourth-order valence-electron chi connectivity index (χ4n) is 3.91. The predicted octanol–water partition coefficient (Wildman–Crippen LogP) is 4.49. The Balaban J connectivity index is 1.51. The highest BCUT2D eigenvalue weighted by atomic mass is 35.5. The molecule has 36 heavy (non-hydrogen) atoms. The number of nitrogens with one attached hydrogen (secondary N) is 3. The largest absolute Gasteiger partial charge is 0.462 e. The van der Waals surface area contributed by atoms with Crippen LogP contribution in [0.2, 0.25) is 5.02 Å². The molecular weight excluding hydrogens is 478 g/mol. The Hall–Kier alpha value is -4.10. The Labute approximate surface area is 213 Å². The van der Waals surface area contributed by atoms with Gasteiger partial charge in [-0.2, -0.15) is 0 Å². The number of esters is 1. The highest BCUT2D eigenvalue weighted by molar-refractivity contribution is 6.30. The van der Waals surface area contributed by atoms with E-state index in [1.165, 1.54) is 6.07 Å². The lowest BCUT2D eigenvalue weighted by molar-refractivity contribution is -0.145. The van der Waals surface area contributed by atoms with E-state index in [4.69, 9.17) is 16.3 Å². The molecule has 0 saturated heterocycles. The summed E-state index contributed by atoms with van der Waals surface area (Å²) in [6.07, 6.45) is 0.0911. The standard InChI is InChI=1S/C28H26ClN3O4/c1-18-6-2-4-8-23(18)30-14-15-36-28(35)25(32-27(34)19-10-12-21(29)13-11-19)16-20-17-26(33)31-24-9-5-3-7-22(20)24/h2-13,17,25,30H,14-16H2,1H3,(H,31,33)(H,32,34). The molecule has 0 fully saturated rings. The minimum Gasteiger partial charge on any atom is -0.462 e. The van der Waals surface area contributed by atoms with Crippen molar-refractivity contribution in [1.29, 1.82) is 0 Å². The summed E-state index contributed by atoms with van der Waals surface area (Å²) >= 11 is 5.93. The fraction of sp³-hybridized carbons (Fsp3) is 0.179. The Kier molecular flexibility index (Phi) is 8.02. The first-order chi connectivity index (χ1) is 17.4. The smallest absolute Gasteiger partial charge is 0.329 e. The maximum atomic E-state index is 13.1. The number of halogens is 1. The van der Waals surface area contributed by atoms with Gasteiger partial charge in [0.05, 0.1) is 0 Å². The van der Waals surface area contributed by atoms with Crippen molar-refractivity contribution in [2.45, 2.75) is 19.4 Å². The molecule has 4 rings (SSSR count). The van der Waals surface area contributed by atoms with Crippen LogP contribution in [-0.4, -0.2) is 36.1 Å². The number of rotatable bonds is 9. The Morgan fingerprint density at radius 2 is 1.72 bits per heavy atom. The summed E-state index contributed by atoms with van der Waals surface area (Å²) in [4.78, 5) is 41.0. The summed E-state index contributed by atoms with van der Waals surface area (Å²) in [6, 6.07) is 21.9. The molecule has 8 heteroatoms. The van der Waals surface area contributed by atoms with Crippen molar-refractivity contribution in [2.24, 2.45) is 0 Å². The zero-order valence-electron chi connectivity index (χ0n) is 19.7. The van der Waals surface area contributed by atoms with Crippen LogP contribution >= 0.6 is 11.6 Å². The number of pyridine rings is 1. The molecule has 1 amide bonds. The zero-order chi connectivity index (χ0) is 25.5. The van der Waals surface area contributed by atoms with E-state index in [9.17, 15) is 14.4 Å². The van der Waals surface area contributed by atoms with Gasteiger partial charge in [-0.05, 0) is 54.4 Å². The third-order valence-corrected chi connectivity index (χ3v) is 6.02. The second-order valence-corrected chi connectivity index (χ2v) is 8.79. The number of ether oxygens (including phenoxy) is 1. The van der Waals surface area contributed by atoms with Gasteiger partial charge in [0, 0.05) is 46.2 Å². The molecular formula is C28H26ClN3O4. The van der Waals surface area contributed by atoms with E-state index in [1.54, 1.807) is 30.3 Å². The Morgan fingerprint density at radius 1 is 1.00 bits per heavy atom. The van der Waals surface area contributed by atoms with Crippen molar-refractivity contribution in [2.75, 3.05) is 18.5 Å². The Bertz CT molecular complexity index is 1430. The normalized spacial score (nSPS) is 11.6. The molecule has 0 saturated carbocycles. The van der Waals surface area contributed by atoms with E-state index < -0.39 is 17.9 Å². The highest BCUT2D eigenvalue weighted by Crippen LogP contribution is 2.18. The van der Waals surface area contributed by atoms with Crippen LogP contribution in [0.15, 0.2) is 83.7 Å². The summed E-state index contributed by atoms with van der Waals surface area (Å²) in [5, 5.41) is 7.29. The van der Waals surface area contributed by atoms with Crippen LogP contribution in [0.3, 0.4) is 0 Å². The van der Waals surface area contributed by atoms with E-state index in [2.05, 4.69) is 15.6 Å². The molecule has 1 atom stereocenters. The number of H-pyrrole nitrogens is 1. The molecule has 0 aliphatic rings. The number of aryl methyl sites for hydroxylation is 1. The molecule has 3 N–H and O–H groups in total. The first-order valence-electron chi connectivity index (χ1n) is 11.5. The van der Waals surface area contributed by atoms with Gasteiger partial charge >= 0.3 is 5.97 Å². The van der Waals surface area contributed by atoms with Crippen LogP contribution in [0.4, 0.5) is 5.69 Å². The average Bonchev–Trinajstić information content (AvgIpc) is 2.87. The van der Waals surface area contributed by atoms with Crippen LogP contribution in [0.5, 0.6) is 0 Å². The van der Waals surface area contributed by atoms with Gasteiger partial charge in [-0.1, -0.05) is 48.0 Å². The van der Waals surface area contributed by atoms with Gasteiger partial charge in [-0.3, -0.25) is 9.59 Å². The molecule has 184 valence electrons. The van der Waals surface area contributed by atoms with E-state index in [1.807, 2.05) is 49.4 Å². The molecule has 4 aromatic rings. The number of benzene rings is 3. The van der Waals surface area contributed by atoms with E-state index in [-0.39, 0.29) is 18.6 Å². The lowest BCUT2D eigenvalue weighted by atomic mass is 10.0. The highest BCUT2D eigenvalue weighted by Gasteiger charge is 2.24. The van der Waals surface area contributed by atoms with Gasteiger partial charge in [0.2, 0.25) is 5.56 Å². The fourth-order valence-corrected chi connectivity index (χ4v) is 4.04. The van der Waals surface area contributed by atoms with Gasteiger partial charge in [0.25, 0.3) is 5.91 Å². The van der Waals surface area contributed by atoms with Crippen LogP contribution in [0.1, 0.15) is 21.5 Å². The van der Waals surface area contributed by atoms with Gasteiger partial charge in [-0.25, -0.2) is 4.79 Å². The van der Waals surface area contributed by atoms with Crippen molar-refractivity contribution in [3.63, 3.8) is 0 Å². The molecule has 0 spiro atoms. The number of aromatic amines is 1. The number of aromatic nitrogens is 1. The minimum absolute atomic E-state index is 0.0911. The molecule has 7 nitrogen and oxygen atoms in total. The predicted molar refractivity (Wildman–Crippen MR) is 142 cm³/mol. The van der Waals surface area contributed by atoms with Crippen molar-refractivity contribution >= 4 is 40.1 Å². The van der Waals surface area contributed by atoms with Crippen molar-refractivity contribution in [3.05, 3.63) is 111 Å². The van der Waals surface area contributed by atoms with E-state index >= 15 is 0 Å². The number of carbonyl (C=O) groups is 2. The molecule has 0 aliphatic carbocycles. The minimum atomic E-state index is -1.00. The van der Waals surface area contributed by atoms with Crippen LogP contribution in [-0.2, 0) is 16.0 Å². The summed E-state index contributed by atoms with van der Waals surface area (Å²) in [5.41, 5.74) is 3.38. The van der Waals surface area contributed by atoms with Crippen molar-refractivity contribution in [3.8, 4) is 0 Å². The Morgan fingerprint density at radius 3 is 2.50 bits per heavy atom. The number of hydrogen-bond acceptors (Lipinski definition) is 5. The third-order valence-electron chi connectivity index (χ3n) is 5.76. The molecule has 1 unspecified atom stereocenters. The summed E-state index contributed by atoms with van der Waals surface area (Å²) in [7, 11) is 0. The first kappa shape index (κ1) is 25.0. The van der Waals surface area contributed by atoms with Crippen LogP contribution in [0, 0.1) is 6.92 Å². The van der Waals surface area contributed by atoms with Gasteiger partial charge in [-0.15, -0.1) is 0 Å². The first-order valence-corrected chi connectivity index (χ1v) is 11.9. The third kappa shape index (κ3) is 6.31. The second-order valence-electron chi connectivity index (χ2n) is 8.35. The SMILES string of the molecule is Cc1ccccc1NCCOC(=O)C(Cc1cc(=O)[nH]c2ccccc12)NC(=O)c1ccc(Cl)cc1. The van der Waals surface area contributed by atoms with Crippen molar-refractivity contribution in [1.82, 2.24) is 10.3 Å². The lowest BCUT2D eigenvalue weighted by Gasteiger charge is -2.19. The lowest BCUT2D eigenvalue weighted by Crippen LogP contribution is -2.44. The number of fused-ring (bicyclic) bond motifs is 1. The number of hydrogen-bond donors (Lipinski definition) is 3. The van der Waals surface area contributed by atoms with Gasteiger partial charge in [0.1, 0.15) is 12.6 Å². The van der Waals surface area contributed by atoms with Crippen LogP contribution < -0.4 is 16.2 Å². The summed E-state index contributed by atoms with van der Waals surface area (Å²) < 4.78 is 5.51.